The van der Waals surface area contributed by atoms with E-state index < -0.39 is 15.8 Å². The minimum absolute atomic E-state index is 0.183. The lowest BCUT2D eigenvalue weighted by Crippen LogP contribution is -2.50. The smallest absolute Gasteiger partial charge is 0.273 e. The molecular formula is C21H20FN3O4S2. The van der Waals surface area contributed by atoms with Crippen LogP contribution in [0.2, 0.25) is 0 Å². The Hall–Kier alpha value is -2.82. The average molecular weight is 462 g/mol. The van der Waals surface area contributed by atoms with Gasteiger partial charge in [0.05, 0.1) is 12.0 Å². The molecule has 1 fully saturated rings. The van der Waals surface area contributed by atoms with E-state index >= 15 is 0 Å². The van der Waals surface area contributed by atoms with E-state index in [1.54, 1.807) is 40.6 Å². The molecule has 1 aliphatic heterocycles. The predicted octanol–water partition coefficient (Wildman–Crippen LogP) is 3.10. The summed E-state index contributed by atoms with van der Waals surface area (Å²) in [5.41, 5.74) is 0.580. The molecule has 2 aromatic carbocycles. The number of hydrogen-bond acceptors (Lipinski definition) is 6. The van der Waals surface area contributed by atoms with Crippen LogP contribution in [-0.2, 0) is 10.0 Å². The first kappa shape index (κ1) is 21.4. The number of ether oxygens (including phenoxy) is 1. The number of methoxy groups -OCH3 is 1. The Morgan fingerprint density at radius 3 is 2.39 bits per heavy atom. The number of thiazole rings is 1. The normalized spacial score (nSPS) is 15.1. The molecule has 3 aromatic rings. The molecule has 0 bridgehead atoms. The van der Waals surface area contributed by atoms with Crippen LogP contribution in [0.25, 0.3) is 10.6 Å². The molecule has 0 N–H and O–H groups in total. The molecule has 0 saturated carbocycles. The van der Waals surface area contributed by atoms with Crippen molar-refractivity contribution in [3.8, 4) is 16.3 Å². The second kappa shape index (κ2) is 8.74. The molecule has 1 amide bonds. The number of aromatic nitrogens is 1. The fourth-order valence-corrected chi connectivity index (χ4v) is 5.56. The number of benzene rings is 2. The Morgan fingerprint density at radius 2 is 1.74 bits per heavy atom. The SMILES string of the molecule is COc1ccc(S(=O)(=O)N2CCN(C(=O)c3csc(-c4ccccc4F)n3)CC2)cc1. The van der Waals surface area contributed by atoms with Gasteiger partial charge in [-0.25, -0.2) is 17.8 Å². The van der Waals surface area contributed by atoms with Crippen molar-refractivity contribution < 1.29 is 22.3 Å². The van der Waals surface area contributed by atoms with Gasteiger partial charge in [-0.2, -0.15) is 4.31 Å². The lowest BCUT2D eigenvalue weighted by molar-refractivity contribution is 0.0693. The molecular weight excluding hydrogens is 441 g/mol. The van der Waals surface area contributed by atoms with Gasteiger partial charge in [0, 0.05) is 37.1 Å². The molecule has 0 atom stereocenters. The molecule has 1 saturated heterocycles. The molecule has 0 unspecified atom stereocenters. The Morgan fingerprint density at radius 1 is 1.06 bits per heavy atom. The van der Waals surface area contributed by atoms with Crippen molar-refractivity contribution >= 4 is 27.3 Å². The van der Waals surface area contributed by atoms with Crippen molar-refractivity contribution in [1.82, 2.24) is 14.2 Å². The summed E-state index contributed by atoms with van der Waals surface area (Å²) >= 11 is 1.20. The summed E-state index contributed by atoms with van der Waals surface area (Å²) in [4.78, 5) is 18.9. The highest BCUT2D eigenvalue weighted by Gasteiger charge is 2.31. The lowest BCUT2D eigenvalue weighted by Gasteiger charge is -2.33. The quantitative estimate of drug-likeness (QED) is 0.583. The van der Waals surface area contributed by atoms with Crippen LogP contribution in [0.4, 0.5) is 4.39 Å². The van der Waals surface area contributed by atoms with E-state index in [1.807, 2.05) is 0 Å². The van der Waals surface area contributed by atoms with E-state index in [9.17, 15) is 17.6 Å². The number of sulfonamides is 1. The Kier molecular flexibility index (Phi) is 6.03. The second-order valence-corrected chi connectivity index (χ2v) is 9.69. The van der Waals surface area contributed by atoms with Crippen LogP contribution < -0.4 is 4.74 Å². The first-order chi connectivity index (χ1) is 14.9. The fourth-order valence-electron chi connectivity index (χ4n) is 3.32. The number of amides is 1. The topological polar surface area (TPSA) is 79.8 Å². The maximum atomic E-state index is 14.0. The van der Waals surface area contributed by atoms with Crippen LogP contribution >= 0.6 is 11.3 Å². The van der Waals surface area contributed by atoms with Gasteiger partial charge in [-0.3, -0.25) is 4.79 Å². The third-order valence-electron chi connectivity index (χ3n) is 5.05. The van der Waals surface area contributed by atoms with Crippen LogP contribution in [0.5, 0.6) is 5.75 Å². The van der Waals surface area contributed by atoms with E-state index in [0.29, 0.717) is 16.3 Å². The van der Waals surface area contributed by atoms with Gasteiger partial charge in [0.1, 0.15) is 22.3 Å². The zero-order valence-corrected chi connectivity index (χ0v) is 18.3. The summed E-state index contributed by atoms with van der Waals surface area (Å²) in [6, 6.07) is 12.5. The van der Waals surface area contributed by atoms with Gasteiger partial charge in [-0.1, -0.05) is 12.1 Å². The monoisotopic (exact) mass is 461 g/mol. The largest absolute Gasteiger partial charge is 0.497 e. The fraction of sp³-hybridized carbons (Fsp3) is 0.238. The Bertz CT molecular complexity index is 1190. The Labute approximate surface area is 183 Å². The third kappa shape index (κ3) is 4.32. The lowest BCUT2D eigenvalue weighted by atomic mass is 10.2. The summed E-state index contributed by atoms with van der Waals surface area (Å²) < 4.78 is 46.1. The van der Waals surface area contributed by atoms with Gasteiger partial charge in [0.15, 0.2) is 0 Å². The number of rotatable bonds is 5. The summed E-state index contributed by atoms with van der Waals surface area (Å²) in [6.07, 6.45) is 0. The highest BCUT2D eigenvalue weighted by molar-refractivity contribution is 7.89. The highest BCUT2D eigenvalue weighted by Crippen LogP contribution is 2.27. The first-order valence-corrected chi connectivity index (χ1v) is 11.9. The molecule has 1 aromatic heterocycles. The summed E-state index contributed by atoms with van der Waals surface area (Å²) in [5, 5.41) is 2.03. The molecule has 0 spiro atoms. The van der Waals surface area contributed by atoms with Crippen molar-refractivity contribution in [3.05, 3.63) is 65.4 Å². The maximum Gasteiger partial charge on any atom is 0.273 e. The van der Waals surface area contributed by atoms with E-state index in [2.05, 4.69) is 4.98 Å². The summed E-state index contributed by atoms with van der Waals surface area (Å²) in [7, 11) is -2.14. The van der Waals surface area contributed by atoms with Crippen molar-refractivity contribution in [2.24, 2.45) is 0 Å². The molecule has 1 aliphatic rings. The maximum absolute atomic E-state index is 14.0. The zero-order chi connectivity index (χ0) is 22.0. The van der Waals surface area contributed by atoms with E-state index in [4.69, 9.17) is 4.74 Å². The van der Waals surface area contributed by atoms with Crippen molar-refractivity contribution in [2.45, 2.75) is 4.90 Å². The second-order valence-electron chi connectivity index (χ2n) is 6.89. The molecule has 162 valence electrons. The molecule has 4 rings (SSSR count). The molecule has 7 nitrogen and oxygen atoms in total. The van der Waals surface area contributed by atoms with Gasteiger partial charge in [-0.05, 0) is 36.4 Å². The molecule has 31 heavy (non-hydrogen) atoms. The molecule has 2 heterocycles. The van der Waals surface area contributed by atoms with E-state index in [1.165, 1.54) is 41.0 Å². The van der Waals surface area contributed by atoms with Crippen molar-refractivity contribution in [1.29, 1.82) is 0 Å². The first-order valence-electron chi connectivity index (χ1n) is 9.54. The zero-order valence-electron chi connectivity index (χ0n) is 16.7. The van der Waals surface area contributed by atoms with Gasteiger partial charge in [-0.15, -0.1) is 11.3 Å². The minimum atomic E-state index is -3.65. The number of halogens is 1. The molecule has 10 heteroatoms. The number of carbonyl (C=O) groups excluding carboxylic acids is 1. The predicted molar refractivity (Wildman–Crippen MR) is 115 cm³/mol. The minimum Gasteiger partial charge on any atom is -0.497 e. The standard InChI is InChI=1S/C21H20FN3O4S2/c1-29-15-6-8-16(9-7-15)31(27,28)25-12-10-24(11-13-25)21(26)19-14-30-20(23-19)17-4-2-3-5-18(17)22/h2-9,14H,10-13H2,1H3. The summed E-state index contributed by atoms with van der Waals surface area (Å²) in [5.74, 6) is -0.110. The van der Waals surface area contributed by atoms with Gasteiger partial charge >= 0.3 is 0 Å². The van der Waals surface area contributed by atoms with Crippen LogP contribution in [0.15, 0.2) is 58.8 Å². The third-order valence-corrected chi connectivity index (χ3v) is 7.84. The van der Waals surface area contributed by atoms with Gasteiger partial charge in [0.25, 0.3) is 5.91 Å². The van der Waals surface area contributed by atoms with E-state index in [-0.39, 0.29) is 42.7 Å². The highest BCUT2D eigenvalue weighted by atomic mass is 32.2. The molecule has 0 aliphatic carbocycles. The number of piperazine rings is 1. The van der Waals surface area contributed by atoms with E-state index in [0.717, 1.165) is 0 Å². The van der Waals surface area contributed by atoms with Crippen LogP contribution in [0.1, 0.15) is 10.5 Å². The number of nitrogens with zero attached hydrogens (tertiary/aromatic N) is 3. The molecule has 0 radical (unpaired) electrons. The van der Waals surface area contributed by atoms with Gasteiger partial charge in [0.2, 0.25) is 10.0 Å². The van der Waals surface area contributed by atoms with Gasteiger partial charge < -0.3 is 9.64 Å². The van der Waals surface area contributed by atoms with Crippen LogP contribution in [0.3, 0.4) is 0 Å². The van der Waals surface area contributed by atoms with Crippen LogP contribution in [-0.4, -0.2) is 61.8 Å². The van der Waals surface area contributed by atoms with Crippen molar-refractivity contribution in [2.75, 3.05) is 33.3 Å². The number of hydrogen-bond donors (Lipinski definition) is 0. The van der Waals surface area contributed by atoms with Crippen LogP contribution in [0, 0.1) is 5.82 Å². The average Bonchev–Trinajstić information content (AvgIpc) is 3.29. The summed E-state index contributed by atoms with van der Waals surface area (Å²) in [6.45, 7) is 0.871. The number of carbonyl (C=O) groups is 1. The Balaban J connectivity index is 1.43. The van der Waals surface area contributed by atoms with Crippen molar-refractivity contribution in [3.63, 3.8) is 0 Å².